The van der Waals surface area contributed by atoms with E-state index in [9.17, 15) is 4.79 Å². The second-order valence-electron chi connectivity index (χ2n) is 6.07. The van der Waals surface area contributed by atoms with Gasteiger partial charge < -0.3 is 9.47 Å². The van der Waals surface area contributed by atoms with Gasteiger partial charge in [0.1, 0.15) is 6.04 Å². The molecule has 0 N–H and O–H groups in total. The van der Waals surface area contributed by atoms with Gasteiger partial charge in [-0.25, -0.2) is 4.98 Å². The molecule has 0 spiro atoms. The van der Waals surface area contributed by atoms with Gasteiger partial charge in [-0.1, -0.05) is 51.8 Å². The number of rotatable bonds is 3. The van der Waals surface area contributed by atoms with Gasteiger partial charge in [-0.05, 0) is 35.4 Å². The average Bonchev–Trinajstić information content (AvgIpc) is 3.06. The van der Waals surface area contributed by atoms with E-state index in [1.807, 2.05) is 64.2 Å². The Bertz CT molecular complexity index is 909. The fourth-order valence-electron chi connectivity index (χ4n) is 3.14. The number of halogens is 3. The van der Waals surface area contributed by atoms with E-state index in [4.69, 9.17) is 11.6 Å². The third-order valence-electron chi connectivity index (χ3n) is 4.40. The molecule has 4 nitrogen and oxygen atoms in total. The Morgan fingerprint density at radius 1 is 1.12 bits per heavy atom. The van der Waals surface area contributed by atoms with E-state index in [-0.39, 0.29) is 24.4 Å². The lowest BCUT2D eigenvalue weighted by molar-refractivity contribution is -0.136. The quantitative estimate of drug-likeness (QED) is 0.569. The zero-order chi connectivity index (χ0) is 17.4. The van der Waals surface area contributed by atoms with Gasteiger partial charge in [0.05, 0.1) is 18.6 Å². The summed E-state index contributed by atoms with van der Waals surface area (Å²) in [5.74, 6) is 0.0720. The van der Waals surface area contributed by atoms with Crippen LogP contribution in [-0.2, 0) is 17.9 Å². The molecule has 1 aliphatic heterocycles. The Balaban J connectivity index is 0.00000196. The van der Waals surface area contributed by atoms with Gasteiger partial charge in [-0.2, -0.15) is 0 Å². The van der Waals surface area contributed by atoms with Crippen LogP contribution in [0.25, 0.3) is 0 Å². The molecular weight excluding hydrogens is 437 g/mol. The van der Waals surface area contributed by atoms with Crippen molar-refractivity contribution in [1.29, 1.82) is 0 Å². The van der Waals surface area contributed by atoms with Crippen molar-refractivity contribution in [3.8, 4) is 0 Å². The summed E-state index contributed by atoms with van der Waals surface area (Å²) >= 11 is 9.40. The molecule has 1 aliphatic rings. The van der Waals surface area contributed by atoms with E-state index in [2.05, 4.69) is 20.9 Å². The molecule has 1 atom stereocenters. The summed E-state index contributed by atoms with van der Waals surface area (Å²) in [6.45, 7) is 1.10. The minimum Gasteiger partial charge on any atom is -0.330 e. The standard InChI is InChI=1S/C19H15BrClN3O.ClH/c20-15-5-3-14(4-6-15)18-19(25)23(11-17-9-22-12-24(17)18)10-13-1-7-16(21)8-2-13;/h1-9,12,18H,10-11H2;1H. The van der Waals surface area contributed by atoms with Crippen LogP contribution in [0, 0.1) is 0 Å². The molecule has 2 aromatic carbocycles. The van der Waals surface area contributed by atoms with E-state index < -0.39 is 0 Å². The number of hydrogen-bond donors (Lipinski definition) is 0. The van der Waals surface area contributed by atoms with E-state index >= 15 is 0 Å². The van der Waals surface area contributed by atoms with Gasteiger partial charge in [-0.15, -0.1) is 12.4 Å². The first-order valence-electron chi connectivity index (χ1n) is 7.91. The van der Waals surface area contributed by atoms with Crippen LogP contribution in [0.4, 0.5) is 0 Å². The lowest BCUT2D eigenvalue weighted by Gasteiger charge is -2.34. The topological polar surface area (TPSA) is 38.1 Å². The molecule has 0 aliphatic carbocycles. The summed E-state index contributed by atoms with van der Waals surface area (Å²) in [4.78, 5) is 19.3. The fourth-order valence-corrected chi connectivity index (χ4v) is 3.53. The summed E-state index contributed by atoms with van der Waals surface area (Å²) < 4.78 is 2.95. The Labute approximate surface area is 171 Å². The van der Waals surface area contributed by atoms with Crippen LogP contribution in [-0.4, -0.2) is 20.4 Å². The van der Waals surface area contributed by atoms with Gasteiger partial charge >= 0.3 is 0 Å². The number of imidazole rings is 1. The molecule has 4 rings (SSSR count). The van der Waals surface area contributed by atoms with E-state index in [0.29, 0.717) is 18.1 Å². The number of aromatic nitrogens is 2. The van der Waals surface area contributed by atoms with E-state index in [0.717, 1.165) is 21.3 Å². The van der Waals surface area contributed by atoms with Crippen molar-refractivity contribution < 1.29 is 4.79 Å². The van der Waals surface area contributed by atoms with Gasteiger partial charge in [0.2, 0.25) is 0 Å². The van der Waals surface area contributed by atoms with Crippen molar-refractivity contribution in [3.05, 3.63) is 87.4 Å². The first-order valence-corrected chi connectivity index (χ1v) is 9.08. The normalized spacial score (nSPS) is 16.2. The molecule has 0 bridgehead atoms. The Morgan fingerprint density at radius 2 is 1.81 bits per heavy atom. The first-order chi connectivity index (χ1) is 12.1. The maximum atomic E-state index is 13.2. The van der Waals surface area contributed by atoms with Crippen LogP contribution in [0.15, 0.2) is 65.5 Å². The predicted molar refractivity (Wildman–Crippen MR) is 107 cm³/mol. The third kappa shape index (κ3) is 3.65. The Hall–Kier alpha value is -1.82. The highest BCUT2D eigenvalue weighted by Gasteiger charge is 2.33. The third-order valence-corrected chi connectivity index (χ3v) is 5.18. The van der Waals surface area contributed by atoms with Crippen molar-refractivity contribution in [2.24, 2.45) is 0 Å². The van der Waals surface area contributed by atoms with Crippen LogP contribution in [0.3, 0.4) is 0 Å². The molecule has 134 valence electrons. The molecule has 0 saturated carbocycles. The number of benzene rings is 2. The molecule has 1 unspecified atom stereocenters. The minimum atomic E-state index is -0.383. The smallest absolute Gasteiger partial charge is 0.250 e. The molecule has 7 heteroatoms. The number of amides is 1. The molecule has 1 amide bonds. The number of nitrogens with zero attached hydrogens (tertiary/aromatic N) is 3. The molecule has 2 heterocycles. The average molecular weight is 453 g/mol. The molecule has 3 aromatic rings. The lowest BCUT2D eigenvalue weighted by atomic mass is 10.0. The molecular formula is C19H16BrCl2N3O. The van der Waals surface area contributed by atoms with E-state index in [1.54, 1.807) is 6.33 Å². The van der Waals surface area contributed by atoms with Gasteiger partial charge in [0.15, 0.2) is 0 Å². The number of fused-ring (bicyclic) bond motifs is 1. The summed E-state index contributed by atoms with van der Waals surface area (Å²) in [5, 5.41) is 0.694. The van der Waals surface area contributed by atoms with Crippen molar-refractivity contribution in [3.63, 3.8) is 0 Å². The van der Waals surface area contributed by atoms with Crippen molar-refractivity contribution in [1.82, 2.24) is 14.5 Å². The molecule has 0 radical (unpaired) electrons. The summed E-state index contributed by atoms with van der Waals surface area (Å²) in [6.07, 6.45) is 3.56. The highest BCUT2D eigenvalue weighted by Crippen LogP contribution is 2.30. The van der Waals surface area contributed by atoms with Gasteiger partial charge in [-0.3, -0.25) is 4.79 Å². The lowest BCUT2D eigenvalue weighted by Crippen LogP contribution is -2.42. The van der Waals surface area contributed by atoms with Crippen molar-refractivity contribution in [2.45, 2.75) is 19.1 Å². The zero-order valence-corrected chi connectivity index (χ0v) is 16.8. The monoisotopic (exact) mass is 451 g/mol. The number of hydrogen-bond acceptors (Lipinski definition) is 2. The number of carbonyl (C=O) groups excluding carboxylic acids is 1. The highest BCUT2D eigenvalue weighted by atomic mass is 79.9. The zero-order valence-electron chi connectivity index (χ0n) is 13.7. The maximum absolute atomic E-state index is 13.2. The second-order valence-corrected chi connectivity index (χ2v) is 7.42. The maximum Gasteiger partial charge on any atom is 0.250 e. The first kappa shape index (κ1) is 19.0. The van der Waals surface area contributed by atoms with Gasteiger partial charge in [0, 0.05) is 22.2 Å². The second kappa shape index (κ2) is 7.82. The molecule has 0 fully saturated rings. The van der Waals surface area contributed by atoms with Crippen molar-refractivity contribution in [2.75, 3.05) is 0 Å². The fraction of sp³-hybridized carbons (Fsp3) is 0.158. The Kier molecular flexibility index (Phi) is 5.70. The summed E-state index contributed by atoms with van der Waals surface area (Å²) in [5.41, 5.74) is 3.04. The summed E-state index contributed by atoms with van der Waals surface area (Å²) in [7, 11) is 0. The SMILES string of the molecule is Cl.O=C1C(c2ccc(Br)cc2)n2cncc2CN1Cc1ccc(Cl)cc1. The highest BCUT2D eigenvalue weighted by molar-refractivity contribution is 9.10. The number of carbonyl (C=O) groups is 1. The minimum absolute atomic E-state index is 0. The summed E-state index contributed by atoms with van der Waals surface area (Å²) in [6, 6.07) is 15.1. The van der Waals surface area contributed by atoms with Crippen LogP contribution in [0.1, 0.15) is 22.9 Å². The molecule has 1 aromatic heterocycles. The molecule has 0 saturated heterocycles. The van der Waals surface area contributed by atoms with E-state index in [1.165, 1.54) is 0 Å². The van der Waals surface area contributed by atoms with Gasteiger partial charge in [0.25, 0.3) is 5.91 Å². The van der Waals surface area contributed by atoms with Crippen LogP contribution in [0.5, 0.6) is 0 Å². The van der Waals surface area contributed by atoms with Crippen LogP contribution < -0.4 is 0 Å². The Morgan fingerprint density at radius 3 is 2.50 bits per heavy atom. The predicted octanol–water partition coefficient (Wildman–Crippen LogP) is 4.85. The molecule has 26 heavy (non-hydrogen) atoms. The largest absolute Gasteiger partial charge is 0.330 e. The van der Waals surface area contributed by atoms with Crippen LogP contribution >= 0.6 is 39.9 Å². The van der Waals surface area contributed by atoms with Crippen molar-refractivity contribution >= 4 is 45.8 Å². The van der Waals surface area contributed by atoms with Crippen LogP contribution in [0.2, 0.25) is 5.02 Å².